The first kappa shape index (κ1) is 14.4. The summed E-state index contributed by atoms with van der Waals surface area (Å²) in [4.78, 5) is 25.6. The van der Waals surface area contributed by atoms with Crippen molar-refractivity contribution in [1.82, 2.24) is 4.98 Å². The maximum Gasteiger partial charge on any atom is 0.364 e. The molecule has 0 amide bonds. The third kappa shape index (κ3) is 3.18. The van der Waals surface area contributed by atoms with E-state index in [0.29, 0.717) is 0 Å². The number of hydrogen-bond acceptors (Lipinski definition) is 6. The second-order valence-electron chi connectivity index (χ2n) is 2.99. The van der Waals surface area contributed by atoms with Crippen LogP contribution in [0, 0.1) is 4.91 Å². The van der Waals surface area contributed by atoms with Gasteiger partial charge in [0.05, 0.1) is 16.7 Å². The van der Waals surface area contributed by atoms with E-state index in [2.05, 4.69) is 14.9 Å². The van der Waals surface area contributed by atoms with Crippen LogP contribution in [0.15, 0.2) is 23.1 Å². The van der Waals surface area contributed by atoms with Crippen molar-refractivity contribution in [2.75, 3.05) is 6.61 Å². The summed E-state index contributed by atoms with van der Waals surface area (Å²) in [5.41, 5.74) is -0.975. The molecule has 0 aromatic carbocycles. The van der Waals surface area contributed by atoms with Gasteiger partial charge in [0, 0.05) is 6.20 Å². The number of ether oxygens (including phenoxy) is 1. The van der Waals surface area contributed by atoms with E-state index in [1.54, 1.807) is 6.92 Å². The fourth-order valence-electron chi connectivity index (χ4n) is 1.08. The SMILES string of the molecule is CCOC(=O)/C(N=O)=C(\O)c1ncc(Cl)cc1Cl. The third-order valence-corrected chi connectivity index (χ3v) is 2.31. The Morgan fingerprint density at radius 3 is 2.72 bits per heavy atom. The number of rotatable bonds is 4. The van der Waals surface area contributed by atoms with Crippen LogP contribution in [0.4, 0.5) is 0 Å². The van der Waals surface area contributed by atoms with Crippen LogP contribution in [0.3, 0.4) is 0 Å². The zero-order valence-electron chi connectivity index (χ0n) is 9.18. The monoisotopic (exact) mass is 290 g/mol. The molecule has 0 saturated heterocycles. The van der Waals surface area contributed by atoms with E-state index in [-0.39, 0.29) is 22.3 Å². The number of aromatic nitrogens is 1. The van der Waals surface area contributed by atoms with Gasteiger partial charge in [-0.15, -0.1) is 4.91 Å². The fourth-order valence-corrected chi connectivity index (χ4v) is 1.55. The molecule has 0 fully saturated rings. The Hall–Kier alpha value is -1.66. The highest BCUT2D eigenvalue weighted by molar-refractivity contribution is 6.35. The first-order valence-corrected chi connectivity index (χ1v) is 5.52. The van der Waals surface area contributed by atoms with Crippen molar-refractivity contribution in [1.29, 1.82) is 0 Å². The van der Waals surface area contributed by atoms with Gasteiger partial charge in [0.15, 0.2) is 5.76 Å². The molecule has 1 N–H and O–H groups in total. The quantitative estimate of drug-likeness (QED) is 0.398. The summed E-state index contributed by atoms with van der Waals surface area (Å²) in [5, 5.41) is 12.4. The standard InChI is InChI=1S/C10H8Cl2N2O4/c1-2-18-10(16)8(14-17)9(15)7-6(12)3-5(11)4-13-7/h3-4,15H,2H2,1H3/b9-8+. The molecule has 0 spiro atoms. The summed E-state index contributed by atoms with van der Waals surface area (Å²) < 4.78 is 4.55. The molecule has 0 saturated carbocycles. The fraction of sp³-hybridized carbons (Fsp3) is 0.200. The zero-order valence-corrected chi connectivity index (χ0v) is 10.7. The highest BCUT2D eigenvalue weighted by Crippen LogP contribution is 2.25. The van der Waals surface area contributed by atoms with Gasteiger partial charge in [-0.3, -0.25) is 0 Å². The molecule has 0 aliphatic rings. The van der Waals surface area contributed by atoms with Gasteiger partial charge in [0.1, 0.15) is 5.69 Å². The Labute approximate surface area is 112 Å². The number of hydrogen-bond donors (Lipinski definition) is 1. The molecule has 0 aliphatic carbocycles. The lowest BCUT2D eigenvalue weighted by Gasteiger charge is -2.05. The summed E-state index contributed by atoms with van der Waals surface area (Å²) in [7, 11) is 0. The molecule has 1 heterocycles. The Bertz CT molecular complexity index is 517. The van der Waals surface area contributed by atoms with Gasteiger partial charge in [-0.1, -0.05) is 23.2 Å². The van der Waals surface area contributed by atoms with Crippen LogP contribution in [-0.4, -0.2) is 22.7 Å². The number of aliphatic hydroxyl groups excluding tert-OH is 1. The first-order chi connectivity index (χ1) is 8.51. The Balaban J connectivity index is 3.27. The lowest BCUT2D eigenvalue weighted by molar-refractivity contribution is -0.138. The van der Waals surface area contributed by atoms with Crippen molar-refractivity contribution in [3.8, 4) is 0 Å². The van der Waals surface area contributed by atoms with Gasteiger partial charge in [-0.2, -0.15) is 0 Å². The van der Waals surface area contributed by atoms with E-state index in [9.17, 15) is 14.8 Å². The van der Waals surface area contributed by atoms with Crippen LogP contribution in [0.25, 0.3) is 5.76 Å². The van der Waals surface area contributed by atoms with Gasteiger partial charge in [-0.05, 0) is 18.2 Å². The normalized spacial score (nSPS) is 11.7. The number of nitroso groups, excluding NO2 is 1. The minimum atomic E-state index is -1.06. The molecule has 0 bridgehead atoms. The summed E-state index contributed by atoms with van der Waals surface area (Å²) in [6, 6.07) is 1.30. The van der Waals surface area contributed by atoms with Crippen molar-refractivity contribution in [2.24, 2.45) is 5.18 Å². The molecule has 0 atom stereocenters. The summed E-state index contributed by atoms with van der Waals surface area (Å²) in [5.74, 6) is -1.82. The summed E-state index contributed by atoms with van der Waals surface area (Å²) in [6.45, 7) is 1.58. The van der Waals surface area contributed by atoms with E-state index >= 15 is 0 Å². The molecular weight excluding hydrogens is 283 g/mol. The average Bonchev–Trinajstić information content (AvgIpc) is 2.29. The topological polar surface area (TPSA) is 88.8 Å². The van der Waals surface area contributed by atoms with Crippen molar-refractivity contribution in [3.05, 3.63) is 38.6 Å². The van der Waals surface area contributed by atoms with E-state index < -0.39 is 17.4 Å². The number of nitrogens with zero attached hydrogens (tertiary/aromatic N) is 2. The Morgan fingerprint density at radius 1 is 1.56 bits per heavy atom. The van der Waals surface area contributed by atoms with E-state index in [0.717, 1.165) is 0 Å². The van der Waals surface area contributed by atoms with Crippen LogP contribution in [0.5, 0.6) is 0 Å². The third-order valence-electron chi connectivity index (χ3n) is 1.82. The molecule has 18 heavy (non-hydrogen) atoms. The first-order valence-electron chi connectivity index (χ1n) is 4.76. The van der Waals surface area contributed by atoms with Crippen LogP contribution < -0.4 is 0 Å². The predicted octanol–water partition coefficient (Wildman–Crippen LogP) is 2.94. The number of pyridine rings is 1. The zero-order chi connectivity index (χ0) is 13.7. The number of aliphatic hydroxyl groups is 1. The van der Waals surface area contributed by atoms with E-state index in [1.165, 1.54) is 12.3 Å². The largest absolute Gasteiger partial charge is 0.504 e. The molecular formula is C10H8Cl2N2O4. The molecule has 0 unspecified atom stereocenters. The molecule has 1 aromatic rings. The van der Waals surface area contributed by atoms with Crippen molar-refractivity contribution < 1.29 is 14.6 Å². The smallest absolute Gasteiger partial charge is 0.364 e. The number of carbonyl (C=O) groups is 1. The average molecular weight is 291 g/mol. The number of halogens is 2. The second kappa shape index (κ2) is 6.32. The maximum absolute atomic E-state index is 11.3. The van der Waals surface area contributed by atoms with Gasteiger partial charge < -0.3 is 9.84 Å². The van der Waals surface area contributed by atoms with Gasteiger partial charge in [0.2, 0.25) is 5.70 Å². The Kier molecular flexibility index (Phi) is 5.06. The van der Waals surface area contributed by atoms with Crippen molar-refractivity contribution in [3.63, 3.8) is 0 Å². The number of carbonyl (C=O) groups excluding carboxylic acids is 1. The second-order valence-corrected chi connectivity index (χ2v) is 3.84. The highest BCUT2D eigenvalue weighted by atomic mass is 35.5. The molecule has 6 nitrogen and oxygen atoms in total. The van der Waals surface area contributed by atoms with Crippen LogP contribution in [-0.2, 0) is 9.53 Å². The lowest BCUT2D eigenvalue weighted by Crippen LogP contribution is -2.09. The Morgan fingerprint density at radius 2 is 2.22 bits per heavy atom. The molecule has 1 aromatic heterocycles. The predicted molar refractivity (Wildman–Crippen MR) is 66.2 cm³/mol. The maximum atomic E-state index is 11.3. The molecule has 0 radical (unpaired) electrons. The summed E-state index contributed by atoms with van der Waals surface area (Å²) in [6.07, 6.45) is 1.20. The van der Waals surface area contributed by atoms with Gasteiger partial charge in [0.25, 0.3) is 0 Å². The minimum Gasteiger partial charge on any atom is -0.504 e. The summed E-state index contributed by atoms with van der Waals surface area (Å²) >= 11 is 11.4. The van der Waals surface area contributed by atoms with Crippen molar-refractivity contribution >= 4 is 34.9 Å². The van der Waals surface area contributed by atoms with E-state index in [1.807, 2.05) is 0 Å². The minimum absolute atomic E-state index is 0.0227. The van der Waals surface area contributed by atoms with Crippen LogP contribution in [0.2, 0.25) is 10.0 Å². The van der Waals surface area contributed by atoms with Crippen molar-refractivity contribution in [2.45, 2.75) is 6.92 Å². The molecule has 8 heteroatoms. The molecule has 96 valence electrons. The van der Waals surface area contributed by atoms with Crippen LogP contribution in [0.1, 0.15) is 12.6 Å². The molecule has 0 aliphatic heterocycles. The lowest BCUT2D eigenvalue weighted by atomic mass is 10.2. The highest BCUT2D eigenvalue weighted by Gasteiger charge is 2.21. The van der Waals surface area contributed by atoms with Crippen LogP contribution >= 0.6 is 23.2 Å². The van der Waals surface area contributed by atoms with E-state index in [4.69, 9.17) is 23.2 Å². The number of esters is 1. The molecule has 1 rings (SSSR count). The van der Waals surface area contributed by atoms with Gasteiger partial charge in [-0.25, -0.2) is 9.78 Å². The van der Waals surface area contributed by atoms with Gasteiger partial charge >= 0.3 is 5.97 Å².